The van der Waals surface area contributed by atoms with E-state index in [-0.39, 0.29) is 29.4 Å². The van der Waals surface area contributed by atoms with Gasteiger partial charge in [0.25, 0.3) is 5.69 Å². The minimum absolute atomic E-state index is 0.0140. The number of hydrogen-bond acceptors (Lipinski definition) is 4. The smallest absolute Gasteiger partial charge is 0.294 e. The fraction of sp³-hybridized carbons (Fsp3) is 0.200. The highest BCUT2D eigenvalue weighted by molar-refractivity contribution is 6.31. The van der Waals surface area contributed by atoms with Crippen molar-refractivity contribution in [2.45, 2.75) is 6.42 Å². The van der Waals surface area contributed by atoms with Gasteiger partial charge in [-0.2, -0.15) is 0 Å². The normalized spacial score (nSPS) is 9.38. The highest BCUT2D eigenvalue weighted by atomic mass is 35.5. The van der Waals surface area contributed by atoms with Crippen molar-refractivity contribution in [1.82, 2.24) is 0 Å². The fourth-order valence-electron chi connectivity index (χ4n) is 1.07. The van der Waals surface area contributed by atoms with Crippen LogP contribution in [0.2, 0.25) is 5.02 Å². The summed E-state index contributed by atoms with van der Waals surface area (Å²) in [5, 5.41) is 19.4. The number of hydrogen-bond donors (Lipinski definition) is 2. The maximum atomic E-state index is 10.6. The molecule has 0 radical (unpaired) electrons. The lowest BCUT2D eigenvalue weighted by atomic mass is 10.1. The van der Waals surface area contributed by atoms with E-state index >= 15 is 0 Å². The van der Waals surface area contributed by atoms with Crippen molar-refractivity contribution in [3.8, 4) is 11.8 Å². The molecule has 0 heterocycles. The van der Waals surface area contributed by atoms with E-state index in [4.69, 9.17) is 22.4 Å². The summed E-state index contributed by atoms with van der Waals surface area (Å²) >= 11 is 5.70. The first-order valence-corrected chi connectivity index (χ1v) is 4.77. The largest absolute Gasteiger partial charge is 0.395 e. The zero-order valence-corrected chi connectivity index (χ0v) is 8.99. The molecule has 5 nitrogen and oxygen atoms in total. The van der Waals surface area contributed by atoms with Gasteiger partial charge in [0, 0.05) is 17.5 Å². The van der Waals surface area contributed by atoms with Gasteiger partial charge in [0.15, 0.2) is 0 Å². The molecule has 84 valence electrons. The number of nitro benzene ring substituents is 1. The lowest BCUT2D eigenvalue weighted by Gasteiger charge is -2.00. The molecule has 0 bridgehead atoms. The summed E-state index contributed by atoms with van der Waals surface area (Å²) in [5.74, 6) is 5.25. The Balaban J connectivity index is 3.21. The van der Waals surface area contributed by atoms with Gasteiger partial charge in [0.1, 0.15) is 5.69 Å². The Morgan fingerprint density at radius 1 is 1.56 bits per heavy atom. The summed E-state index contributed by atoms with van der Waals surface area (Å²) in [6.07, 6.45) is 0.278. The highest BCUT2D eigenvalue weighted by Gasteiger charge is 2.15. The summed E-state index contributed by atoms with van der Waals surface area (Å²) in [5.41, 5.74) is 5.59. The van der Waals surface area contributed by atoms with Crippen LogP contribution in [0.15, 0.2) is 12.1 Å². The number of aliphatic hydroxyl groups is 1. The molecule has 16 heavy (non-hydrogen) atoms. The van der Waals surface area contributed by atoms with Crippen LogP contribution in [-0.2, 0) is 0 Å². The number of nitro groups is 1. The molecule has 0 aliphatic heterocycles. The van der Waals surface area contributed by atoms with Gasteiger partial charge in [-0.3, -0.25) is 10.1 Å². The van der Waals surface area contributed by atoms with E-state index in [9.17, 15) is 10.1 Å². The van der Waals surface area contributed by atoms with Gasteiger partial charge < -0.3 is 10.8 Å². The number of nitrogens with two attached hydrogens (primary N) is 1. The number of nitrogens with zero attached hydrogens (tertiary/aromatic N) is 1. The summed E-state index contributed by atoms with van der Waals surface area (Å²) in [6, 6.07) is 2.63. The van der Waals surface area contributed by atoms with Crippen LogP contribution in [0.5, 0.6) is 0 Å². The third-order valence-electron chi connectivity index (χ3n) is 1.78. The van der Waals surface area contributed by atoms with Crippen LogP contribution < -0.4 is 5.73 Å². The predicted molar refractivity (Wildman–Crippen MR) is 61.1 cm³/mol. The van der Waals surface area contributed by atoms with E-state index in [0.717, 1.165) is 0 Å². The SMILES string of the molecule is Nc1c(C#CCCO)cc(Cl)cc1[N+](=O)[O-]. The lowest BCUT2D eigenvalue weighted by molar-refractivity contribution is -0.383. The van der Waals surface area contributed by atoms with Crippen molar-refractivity contribution in [2.75, 3.05) is 12.3 Å². The Labute approximate surface area is 97.0 Å². The standard InChI is InChI=1S/C10H9ClN2O3/c11-8-5-7(3-1-2-4-14)10(12)9(6-8)13(15)16/h5-6,14H,2,4,12H2. The number of benzene rings is 1. The first-order valence-electron chi connectivity index (χ1n) is 4.39. The van der Waals surface area contributed by atoms with Gasteiger partial charge in [-0.1, -0.05) is 23.4 Å². The number of nitrogen functional groups attached to an aromatic ring is 1. The molecule has 1 aromatic carbocycles. The maximum absolute atomic E-state index is 10.6. The number of halogens is 1. The second kappa shape index (κ2) is 5.35. The van der Waals surface area contributed by atoms with Gasteiger partial charge in [-0.25, -0.2) is 0 Å². The average molecular weight is 241 g/mol. The van der Waals surface area contributed by atoms with E-state index in [1.807, 2.05) is 0 Å². The second-order valence-corrected chi connectivity index (χ2v) is 3.36. The average Bonchev–Trinajstić information content (AvgIpc) is 2.22. The predicted octanol–water partition coefficient (Wildman–Crippen LogP) is 1.56. The molecule has 0 fully saturated rings. The molecule has 0 aliphatic rings. The third-order valence-corrected chi connectivity index (χ3v) is 2.00. The lowest BCUT2D eigenvalue weighted by Crippen LogP contribution is -1.98. The minimum atomic E-state index is -0.613. The van der Waals surface area contributed by atoms with Crippen LogP contribution in [0.4, 0.5) is 11.4 Å². The molecule has 0 amide bonds. The molecule has 0 aliphatic carbocycles. The van der Waals surface area contributed by atoms with Crippen LogP contribution in [0.1, 0.15) is 12.0 Å². The van der Waals surface area contributed by atoms with E-state index in [2.05, 4.69) is 11.8 Å². The van der Waals surface area contributed by atoms with Crippen LogP contribution in [-0.4, -0.2) is 16.6 Å². The van der Waals surface area contributed by atoms with Gasteiger partial charge in [0.05, 0.1) is 17.1 Å². The van der Waals surface area contributed by atoms with E-state index in [1.165, 1.54) is 12.1 Å². The van der Waals surface area contributed by atoms with Crippen LogP contribution in [0.25, 0.3) is 0 Å². The zero-order chi connectivity index (χ0) is 12.1. The summed E-state index contributed by atoms with van der Waals surface area (Å²) in [7, 11) is 0. The quantitative estimate of drug-likeness (QED) is 0.355. The molecule has 1 aromatic rings. The van der Waals surface area contributed by atoms with Crippen molar-refractivity contribution >= 4 is 23.0 Å². The summed E-state index contributed by atoms with van der Waals surface area (Å²) in [6.45, 7) is -0.0738. The molecule has 0 atom stereocenters. The molecule has 0 saturated carbocycles. The first kappa shape index (κ1) is 12.3. The zero-order valence-electron chi connectivity index (χ0n) is 8.24. The van der Waals surface area contributed by atoms with E-state index in [1.54, 1.807) is 0 Å². The highest BCUT2D eigenvalue weighted by Crippen LogP contribution is 2.28. The molecule has 6 heteroatoms. The Hall–Kier alpha value is -1.77. The van der Waals surface area contributed by atoms with Gasteiger partial charge >= 0.3 is 0 Å². The Bertz CT molecular complexity index is 477. The van der Waals surface area contributed by atoms with Crippen molar-refractivity contribution < 1.29 is 10.0 Å². The Morgan fingerprint density at radius 3 is 2.81 bits per heavy atom. The monoisotopic (exact) mass is 240 g/mol. The van der Waals surface area contributed by atoms with E-state index in [0.29, 0.717) is 5.56 Å². The Kier molecular flexibility index (Phi) is 4.11. The van der Waals surface area contributed by atoms with Crippen LogP contribution in [0, 0.1) is 22.0 Å². The van der Waals surface area contributed by atoms with Crippen LogP contribution in [0.3, 0.4) is 0 Å². The molecular weight excluding hydrogens is 232 g/mol. The van der Waals surface area contributed by atoms with Crippen molar-refractivity contribution in [3.05, 3.63) is 32.8 Å². The molecule has 3 N–H and O–H groups in total. The number of aliphatic hydroxyl groups excluding tert-OH is 1. The Morgan fingerprint density at radius 2 is 2.25 bits per heavy atom. The molecule has 0 unspecified atom stereocenters. The second-order valence-electron chi connectivity index (χ2n) is 2.92. The van der Waals surface area contributed by atoms with Crippen molar-refractivity contribution in [1.29, 1.82) is 0 Å². The van der Waals surface area contributed by atoms with Crippen LogP contribution >= 0.6 is 11.6 Å². The summed E-state index contributed by atoms with van der Waals surface area (Å²) < 4.78 is 0. The van der Waals surface area contributed by atoms with Gasteiger partial charge in [0.2, 0.25) is 0 Å². The molecular formula is C10H9ClN2O3. The number of anilines is 1. The van der Waals surface area contributed by atoms with Crippen molar-refractivity contribution in [3.63, 3.8) is 0 Å². The minimum Gasteiger partial charge on any atom is -0.395 e. The maximum Gasteiger partial charge on any atom is 0.294 e. The van der Waals surface area contributed by atoms with E-state index < -0.39 is 4.92 Å². The van der Waals surface area contributed by atoms with Gasteiger partial charge in [-0.15, -0.1) is 0 Å². The number of rotatable bonds is 2. The first-order chi connectivity index (χ1) is 7.56. The fourth-order valence-corrected chi connectivity index (χ4v) is 1.28. The third kappa shape index (κ3) is 2.86. The van der Waals surface area contributed by atoms with Crippen molar-refractivity contribution in [2.24, 2.45) is 0 Å². The topological polar surface area (TPSA) is 89.4 Å². The summed E-state index contributed by atoms with van der Waals surface area (Å²) in [4.78, 5) is 10.0. The molecule has 0 spiro atoms. The molecule has 1 rings (SSSR count). The molecule has 0 aromatic heterocycles. The molecule has 0 saturated heterocycles. The van der Waals surface area contributed by atoms with Gasteiger partial charge in [-0.05, 0) is 6.07 Å².